The second kappa shape index (κ2) is 7.56. The van der Waals surface area contributed by atoms with Crippen molar-refractivity contribution < 1.29 is 9.18 Å². The van der Waals surface area contributed by atoms with Crippen LogP contribution in [-0.4, -0.2) is 33.6 Å². The summed E-state index contributed by atoms with van der Waals surface area (Å²) in [5.41, 5.74) is 2.16. The van der Waals surface area contributed by atoms with Crippen molar-refractivity contribution in [3.05, 3.63) is 51.9 Å². The van der Waals surface area contributed by atoms with Crippen LogP contribution in [0, 0.1) is 12.7 Å². The summed E-state index contributed by atoms with van der Waals surface area (Å²) in [7, 11) is 1.75. The lowest BCUT2D eigenvalue weighted by molar-refractivity contribution is -0.127. The van der Waals surface area contributed by atoms with E-state index in [9.17, 15) is 9.18 Å². The monoisotopic (exact) mass is 401 g/mol. The summed E-state index contributed by atoms with van der Waals surface area (Å²) in [6.45, 7) is 2.29. The van der Waals surface area contributed by atoms with Gasteiger partial charge in [0, 0.05) is 23.9 Å². The largest absolute Gasteiger partial charge is 0.341 e. The van der Waals surface area contributed by atoms with Crippen molar-refractivity contribution in [2.75, 3.05) is 12.8 Å². The predicted octanol–water partition coefficient (Wildman–Crippen LogP) is 4.38. The van der Waals surface area contributed by atoms with E-state index in [4.69, 9.17) is 0 Å². The van der Waals surface area contributed by atoms with Crippen molar-refractivity contribution in [2.24, 2.45) is 0 Å². The molecule has 4 rings (SSSR count). The van der Waals surface area contributed by atoms with E-state index in [1.165, 1.54) is 40.8 Å². The van der Waals surface area contributed by atoms with Crippen molar-refractivity contribution in [1.29, 1.82) is 0 Å². The van der Waals surface area contributed by atoms with Crippen LogP contribution in [0.25, 0.3) is 10.2 Å². The molecule has 0 saturated carbocycles. The lowest BCUT2D eigenvalue weighted by atomic mass is 10.2. The van der Waals surface area contributed by atoms with Crippen LogP contribution in [0.5, 0.6) is 0 Å². The molecule has 0 radical (unpaired) electrons. The lowest BCUT2D eigenvalue weighted by Crippen LogP contribution is -2.27. The molecule has 0 atom stereocenters. The summed E-state index contributed by atoms with van der Waals surface area (Å²) in [5, 5.41) is 2.05. The molecule has 0 spiro atoms. The number of hydrogen-bond acceptors (Lipinski definition) is 5. The van der Waals surface area contributed by atoms with Gasteiger partial charge in [-0.15, -0.1) is 11.3 Å². The van der Waals surface area contributed by atoms with Crippen molar-refractivity contribution in [3.63, 3.8) is 0 Å². The number of carbonyl (C=O) groups excluding carboxylic acids is 1. The molecule has 1 amide bonds. The van der Waals surface area contributed by atoms with Gasteiger partial charge in [0.1, 0.15) is 21.5 Å². The molecule has 0 fully saturated rings. The highest BCUT2D eigenvalue weighted by atomic mass is 32.2. The topological polar surface area (TPSA) is 46.1 Å². The van der Waals surface area contributed by atoms with Crippen LogP contribution in [0.1, 0.15) is 28.2 Å². The first-order chi connectivity index (χ1) is 13.0. The fraction of sp³-hybridized carbons (Fsp3) is 0.350. The van der Waals surface area contributed by atoms with Crippen molar-refractivity contribution in [2.45, 2.75) is 37.8 Å². The van der Waals surface area contributed by atoms with E-state index < -0.39 is 0 Å². The van der Waals surface area contributed by atoms with Gasteiger partial charge in [0.15, 0.2) is 0 Å². The maximum atomic E-state index is 13.3. The number of halogens is 1. The summed E-state index contributed by atoms with van der Waals surface area (Å²) < 4.78 is 13.3. The lowest BCUT2D eigenvalue weighted by Gasteiger charge is -2.17. The highest BCUT2D eigenvalue weighted by molar-refractivity contribution is 8.00. The molecular weight excluding hydrogens is 381 g/mol. The van der Waals surface area contributed by atoms with Crippen molar-refractivity contribution >= 4 is 39.2 Å². The van der Waals surface area contributed by atoms with Crippen LogP contribution < -0.4 is 0 Å². The summed E-state index contributed by atoms with van der Waals surface area (Å²) >= 11 is 3.24. The third-order valence-corrected chi connectivity index (χ3v) is 6.86. The van der Waals surface area contributed by atoms with Crippen LogP contribution in [0.3, 0.4) is 0 Å². The number of nitrogens with zero attached hydrogens (tertiary/aromatic N) is 3. The third kappa shape index (κ3) is 3.84. The zero-order chi connectivity index (χ0) is 19.0. The van der Waals surface area contributed by atoms with Gasteiger partial charge >= 0.3 is 0 Å². The van der Waals surface area contributed by atoms with E-state index in [-0.39, 0.29) is 11.7 Å². The molecule has 0 bridgehead atoms. The summed E-state index contributed by atoms with van der Waals surface area (Å²) in [6.07, 6.45) is 3.38. The van der Waals surface area contributed by atoms with Crippen LogP contribution in [0.2, 0.25) is 0 Å². The Kier molecular flexibility index (Phi) is 5.14. The minimum atomic E-state index is -0.284. The van der Waals surface area contributed by atoms with E-state index in [1.807, 2.05) is 13.0 Å². The van der Waals surface area contributed by atoms with E-state index in [0.717, 1.165) is 39.5 Å². The summed E-state index contributed by atoms with van der Waals surface area (Å²) in [5.74, 6) is 0.765. The average molecular weight is 402 g/mol. The Morgan fingerprint density at radius 3 is 3.00 bits per heavy atom. The van der Waals surface area contributed by atoms with Crippen LogP contribution >= 0.6 is 23.1 Å². The van der Waals surface area contributed by atoms with Gasteiger partial charge < -0.3 is 4.90 Å². The highest BCUT2D eigenvalue weighted by Gasteiger charge is 2.22. The Morgan fingerprint density at radius 1 is 1.33 bits per heavy atom. The Morgan fingerprint density at radius 2 is 2.19 bits per heavy atom. The van der Waals surface area contributed by atoms with Gasteiger partial charge in [0.05, 0.1) is 5.75 Å². The fourth-order valence-electron chi connectivity index (χ4n) is 3.41. The third-order valence-electron chi connectivity index (χ3n) is 4.71. The standard InChI is InChI=1S/C20H20FN3OS2/c1-12-22-19(18-15-7-4-8-16(15)27-20(18)23-12)26-11-17(25)24(2)10-13-5-3-6-14(21)9-13/h3,5-6,9H,4,7-8,10-11H2,1-2H3. The van der Waals surface area contributed by atoms with E-state index in [1.54, 1.807) is 29.4 Å². The molecule has 3 aromatic rings. The number of benzene rings is 1. The molecular formula is C20H20FN3OS2. The molecule has 0 N–H and O–H groups in total. The molecule has 0 saturated heterocycles. The van der Waals surface area contributed by atoms with E-state index in [2.05, 4.69) is 9.97 Å². The number of thioether (sulfide) groups is 1. The minimum Gasteiger partial charge on any atom is -0.341 e. The van der Waals surface area contributed by atoms with Crippen molar-refractivity contribution in [3.8, 4) is 0 Å². The molecule has 2 aromatic heterocycles. The number of thiophene rings is 1. The minimum absolute atomic E-state index is 0.000511. The molecule has 0 aliphatic heterocycles. The number of amides is 1. The number of aryl methyl sites for hydroxylation is 3. The predicted molar refractivity (Wildman–Crippen MR) is 108 cm³/mol. The molecule has 7 heteroatoms. The van der Waals surface area contributed by atoms with Gasteiger partial charge in [-0.2, -0.15) is 0 Å². The number of hydrogen-bond donors (Lipinski definition) is 0. The van der Waals surface area contributed by atoms with Crippen LogP contribution in [-0.2, 0) is 24.2 Å². The zero-order valence-corrected chi connectivity index (χ0v) is 16.9. The normalized spacial score (nSPS) is 13.1. The Labute approximate surface area is 165 Å². The molecule has 1 aromatic carbocycles. The zero-order valence-electron chi connectivity index (χ0n) is 15.3. The second-order valence-corrected chi connectivity index (χ2v) is 8.83. The number of rotatable bonds is 5. The summed E-state index contributed by atoms with van der Waals surface area (Å²) in [4.78, 5) is 25.9. The Bertz CT molecular complexity index is 1020. The second-order valence-electron chi connectivity index (χ2n) is 6.78. The molecule has 27 heavy (non-hydrogen) atoms. The van der Waals surface area contributed by atoms with Gasteiger partial charge in [0.2, 0.25) is 5.91 Å². The number of aromatic nitrogens is 2. The Balaban J connectivity index is 1.49. The van der Waals surface area contributed by atoms with Crippen LogP contribution in [0.15, 0.2) is 29.3 Å². The molecule has 0 unspecified atom stereocenters. The molecule has 1 aliphatic rings. The van der Waals surface area contributed by atoms with Gasteiger partial charge in [-0.3, -0.25) is 4.79 Å². The first-order valence-corrected chi connectivity index (χ1v) is 10.7. The SMILES string of the molecule is Cc1nc(SCC(=O)N(C)Cc2cccc(F)c2)c2c3c(sc2n1)CCC3. The van der Waals surface area contributed by atoms with E-state index >= 15 is 0 Å². The molecule has 4 nitrogen and oxygen atoms in total. The van der Waals surface area contributed by atoms with Gasteiger partial charge in [-0.1, -0.05) is 23.9 Å². The summed E-state index contributed by atoms with van der Waals surface area (Å²) in [6, 6.07) is 6.35. The Hall–Kier alpha value is -1.99. The van der Waals surface area contributed by atoms with E-state index in [0.29, 0.717) is 12.3 Å². The first-order valence-electron chi connectivity index (χ1n) is 8.91. The first kappa shape index (κ1) is 18.4. The quantitative estimate of drug-likeness (QED) is 0.470. The highest BCUT2D eigenvalue weighted by Crippen LogP contribution is 2.40. The molecule has 1 aliphatic carbocycles. The van der Waals surface area contributed by atoms with Crippen LogP contribution in [0.4, 0.5) is 4.39 Å². The van der Waals surface area contributed by atoms with Crippen molar-refractivity contribution in [1.82, 2.24) is 14.9 Å². The molecule has 140 valence electrons. The maximum absolute atomic E-state index is 13.3. The number of carbonyl (C=O) groups is 1. The van der Waals surface area contributed by atoms with Gasteiger partial charge in [0.25, 0.3) is 0 Å². The molecule has 2 heterocycles. The fourth-order valence-corrected chi connectivity index (χ4v) is 5.82. The van der Waals surface area contributed by atoms with Gasteiger partial charge in [-0.05, 0) is 49.4 Å². The average Bonchev–Trinajstić information content (AvgIpc) is 3.19. The smallest absolute Gasteiger partial charge is 0.233 e. The number of fused-ring (bicyclic) bond motifs is 3. The van der Waals surface area contributed by atoms with Gasteiger partial charge in [-0.25, -0.2) is 14.4 Å². The maximum Gasteiger partial charge on any atom is 0.233 e.